The van der Waals surface area contributed by atoms with Gasteiger partial charge in [0.25, 0.3) is 5.91 Å². The SMILES string of the molecule is COCC(NC(=O)c1ccccc1OCc1c(C)noc1C)C(=O)O. The molecule has 0 fully saturated rings. The second-order valence-electron chi connectivity index (χ2n) is 5.41. The Morgan fingerprint density at radius 1 is 1.32 bits per heavy atom. The smallest absolute Gasteiger partial charge is 0.328 e. The van der Waals surface area contributed by atoms with E-state index < -0.39 is 17.9 Å². The lowest BCUT2D eigenvalue weighted by Crippen LogP contribution is -2.43. The second kappa shape index (κ2) is 8.29. The van der Waals surface area contributed by atoms with Crippen LogP contribution < -0.4 is 10.1 Å². The van der Waals surface area contributed by atoms with Crippen LogP contribution in [0.3, 0.4) is 0 Å². The van der Waals surface area contributed by atoms with Gasteiger partial charge in [0.2, 0.25) is 0 Å². The number of aliphatic carboxylic acids is 1. The van der Waals surface area contributed by atoms with Crippen LogP contribution in [0.2, 0.25) is 0 Å². The molecule has 25 heavy (non-hydrogen) atoms. The van der Waals surface area contributed by atoms with E-state index in [2.05, 4.69) is 10.5 Å². The van der Waals surface area contributed by atoms with Crippen molar-refractivity contribution in [3.8, 4) is 5.75 Å². The van der Waals surface area contributed by atoms with E-state index in [1.54, 1.807) is 38.1 Å². The monoisotopic (exact) mass is 348 g/mol. The molecule has 0 bridgehead atoms. The summed E-state index contributed by atoms with van der Waals surface area (Å²) in [7, 11) is 1.36. The number of nitrogens with one attached hydrogen (secondary N) is 1. The summed E-state index contributed by atoms with van der Waals surface area (Å²) >= 11 is 0. The molecule has 1 unspecified atom stereocenters. The number of carbonyl (C=O) groups excluding carboxylic acids is 1. The summed E-state index contributed by atoms with van der Waals surface area (Å²) in [5.74, 6) is -0.754. The molecule has 0 aliphatic carbocycles. The van der Waals surface area contributed by atoms with Crippen molar-refractivity contribution in [2.24, 2.45) is 0 Å². The molecule has 8 heteroatoms. The highest BCUT2D eigenvalue weighted by molar-refractivity contribution is 5.98. The third-order valence-electron chi connectivity index (χ3n) is 3.62. The molecule has 0 aliphatic heterocycles. The normalized spacial score (nSPS) is 11.8. The van der Waals surface area contributed by atoms with Gasteiger partial charge in [-0.1, -0.05) is 17.3 Å². The van der Waals surface area contributed by atoms with Crippen molar-refractivity contribution in [3.05, 3.63) is 46.8 Å². The zero-order chi connectivity index (χ0) is 18.4. The molecule has 0 saturated heterocycles. The van der Waals surface area contributed by atoms with Gasteiger partial charge in [-0.15, -0.1) is 0 Å². The average Bonchev–Trinajstić information content (AvgIpc) is 2.91. The maximum absolute atomic E-state index is 12.4. The quantitative estimate of drug-likeness (QED) is 0.747. The summed E-state index contributed by atoms with van der Waals surface area (Å²) in [4.78, 5) is 23.6. The third kappa shape index (κ3) is 4.57. The van der Waals surface area contributed by atoms with Crippen LogP contribution >= 0.6 is 0 Å². The van der Waals surface area contributed by atoms with Crippen LogP contribution in [0.15, 0.2) is 28.8 Å². The second-order valence-corrected chi connectivity index (χ2v) is 5.41. The van der Waals surface area contributed by atoms with E-state index >= 15 is 0 Å². The summed E-state index contributed by atoms with van der Waals surface area (Å²) in [5, 5.41) is 15.4. The van der Waals surface area contributed by atoms with Crippen molar-refractivity contribution in [1.29, 1.82) is 0 Å². The first-order chi connectivity index (χ1) is 11.9. The van der Waals surface area contributed by atoms with E-state index in [0.29, 0.717) is 17.2 Å². The Kier molecular flexibility index (Phi) is 6.13. The Balaban J connectivity index is 2.14. The Hall–Kier alpha value is -2.87. The topological polar surface area (TPSA) is 111 Å². The van der Waals surface area contributed by atoms with Crippen LogP contribution in [-0.2, 0) is 16.1 Å². The number of carboxylic acid groups (broad SMARTS) is 1. The highest BCUT2D eigenvalue weighted by Crippen LogP contribution is 2.21. The van der Waals surface area contributed by atoms with Gasteiger partial charge in [0.05, 0.1) is 23.4 Å². The zero-order valence-electron chi connectivity index (χ0n) is 14.2. The van der Waals surface area contributed by atoms with E-state index in [1.807, 2.05) is 0 Å². The minimum atomic E-state index is -1.18. The summed E-state index contributed by atoms with van der Waals surface area (Å²) in [6, 6.07) is 5.45. The predicted octanol–water partition coefficient (Wildman–Crippen LogP) is 1.70. The summed E-state index contributed by atoms with van der Waals surface area (Å²) in [6.45, 7) is 3.63. The minimum absolute atomic E-state index is 0.136. The van der Waals surface area contributed by atoms with Gasteiger partial charge in [0.15, 0.2) is 6.04 Å². The van der Waals surface area contributed by atoms with E-state index in [-0.39, 0.29) is 18.8 Å². The fraction of sp³-hybridized carbons (Fsp3) is 0.353. The first-order valence-electron chi connectivity index (χ1n) is 7.60. The fourth-order valence-electron chi connectivity index (χ4n) is 2.22. The van der Waals surface area contributed by atoms with Crippen LogP contribution in [0, 0.1) is 13.8 Å². The Morgan fingerprint density at radius 3 is 2.64 bits per heavy atom. The molecular weight excluding hydrogens is 328 g/mol. The third-order valence-corrected chi connectivity index (χ3v) is 3.62. The van der Waals surface area contributed by atoms with Crippen molar-refractivity contribution >= 4 is 11.9 Å². The lowest BCUT2D eigenvalue weighted by Gasteiger charge is -2.15. The molecule has 1 aromatic heterocycles. The molecule has 1 atom stereocenters. The number of methoxy groups -OCH3 is 1. The summed E-state index contributed by atoms with van der Waals surface area (Å²) in [5.41, 5.74) is 1.75. The van der Waals surface area contributed by atoms with E-state index in [9.17, 15) is 9.59 Å². The van der Waals surface area contributed by atoms with Gasteiger partial charge < -0.3 is 24.4 Å². The van der Waals surface area contributed by atoms with E-state index in [0.717, 1.165) is 5.56 Å². The van der Waals surface area contributed by atoms with Crippen molar-refractivity contribution in [3.63, 3.8) is 0 Å². The Morgan fingerprint density at radius 2 is 2.04 bits per heavy atom. The molecule has 1 amide bonds. The number of carboxylic acids is 1. The van der Waals surface area contributed by atoms with E-state index in [4.69, 9.17) is 19.1 Å². The molecule has 8 nitrogen and oxygen atoms in total. The largest absolute Gasteiger partial charge is 0.488 e. The molecule has 2 aromatic rings. The number of amides is 1. The number of benzene rings is 1. The Bertz CT molecular complexity index is 736. The van der Waals surface area contributed by atoms with Crippen LogP contribution in [0.25, 0.3) is 0 Å². The van der Waals surface area contributed by atoms with Crippen molar-refractivity contribution in [2.45, 2.75) is 26.5 Å². The predicted molar refractivity (Wildman–Crippen MR) is 87.5 cm³/mol. The van der Waals surface area contributed by atoms with Crippen LogP contribution in [-0.4, -0.2) is 41.9 Å². The number of para-hydroxylation sites is 1. The first-order valence-corrected chi connectivity index (χ1v) is 7.60. The lowest BCUT2D eigenvalue weighted by molar-refractivity contribution is -0.140. The average molecular weight is 348 g/mol. The van der Waals surface area contributed by atoms with Gasteiger partial charge in [0.1, 0.15) is 18.1 Å². The fourth-order valence-corrected chi connectivity index (χ4v) is 2.22. The molecule has 2 N–H and O–H groups in total. The number of nitrogens with zero attached hydrogens (tertiary/aromatic N) is 1. The standard InChI is InChI=1S/C17H20N2O6/c1-10-13(11(2)25-19-10)8-24-15-7-5-4-6-12(15)16(20)18-14(9-23-3)17(21)22/h4-7,14H,8-9H2,1-3H3,(H,18,20)(H,21,22). The number of rotatable bonds is 8. The van der Waals surface area contributed by atoms with Gasteiger partial charge in [-0.25, -0.2) is 4.79 Å². The van der Waals surface area contributed by atoms with Crippen LogP contribution in [0.4, 0.5) is 0 Å². The maximum Gasteiger partial charge on any atom is 0.328 e. The lowest BCUT2D eigenvalue weighted by atomic mass is 10.1. The van der Waals surface area contributed by atoms with Gasteiger partial charge in [-0.3, -0.25) is 4.79 Å². The van der Waals surface area contributed by atoms with E-state index in [1.165, 1.54) is 7.11 Å². The van der Waals surface area contributed by atoms with Crippen molar-refractivity contribution < 1.29 is 28.7 Å². The summed E-state index contributed by atoms with van der Waals surface area (Å²) in [6.07, 6.45) is 0. The maximum atomic E-state index is 12.4. The highest BCUT2D eigenvalue weighted by Gasteiger charge is 2.22. The molecule has 1 aromatic carbocycles. The number of aromatic nitrogens is 1. The van der Waals surface area contributed by atoms with Crippen molar-refractivity contribution in [2.75, 3.05) is 13.7 Å². The van der Waals surface area contributed by atoms with Gasteiger partial charge in [-0.2, -0.15) is 0 Å². The minimum Gasteiger partial charge on any atom is -0.488 e. The van der Waals surface area contributed by atoms with Crippen molar-refractivity contribution in [1.82, 2.24) is 10.5 Å². The number of hydrogen-bond acceptors (Lipinski definition) is 6. The molecule has 1 heterocycles. The highest BCUT2D eigenvalue weighted by atomic mass is 16.5. The number of aryl methyl sites for hydroxylation is 2. The Labute approximate surface area is 144 Å². The molecular formula is C17H20N2O6. The number of ether oxygens (including phenoxy) is 2. The van der Waals surface area contributed by atoms with Gasteiger partial charge in [-0.05, 0) is 26.0 Å². The zero-order valence-corrected chi connectivity index (χ0v) is 14.2. The number of hydrogen-bond donors (Lipinski definition) is 2. The summed E-state index contributed by atoms with van der Waals surface area (Å²) < 4.78 is 15.6. The molecule has 134 valence electrons. The van der Waals surface area contributed by atoms with Gasteiger partial charge >= 0.3 is 5.97 Å². The van der Waals surface area contributed by atoms with Gasteiger partial charge in [0, 0.05) is 7.11 Å². The molecule has 0 radical (unpaired) electrons. The molecule has 0 aliphatic rings. The van der Waals surface area contributed by atoms with Crippen LogP contribution in [0.1, 0.15) is 27.4 Å². The first kappa shape index (κ1) is 18.5. The molecule has 2 rings (SSSR count). The molecule has 0 saturated carbocycles. The molecule has 0 spiro atoms. The number of carbonyl (C=O) groups is 2. The van der Waals surface area contributed by atoms with Crippen LogP contribution in [0.5, 0.6) is 5.75 Å².